The minimum atomic E-state index is -0.816. The van der Waals surface area contributed by atoms with E-state index in [-0.39, 0.29) is 5.57 Å². The van der Waals surface area contributed by atoms with E-state index in [9.17, 15) is 14.4 Å². The summed E-state index contributed by atoms with van der Waals surface area (Å²) in [5.74, 6) is 0.144. The molecular formula is C24H25BrN2O6. The van der Waals surface area contributed by atoms with Crippen LogP contribution in [-0.2, 0) is 9.59 Å². The SMILES string of the molecule is CCCOc1cc(Br)c(/C=C2\C(=O)NC(=O)N(c3ccc(OCC)cc3)C2=O)cc1OCC. The molecule has 0 radical (unpaired) electrons. The molecule has 2 aromatic carbocycles. The van der Waals surface area contributed by atoms with Crippen LogP contribution in [0.3, 0.4) is 0 Å². The average Bonchev–Trinajstić information content (AvgIpc) is 2.78. The number of carbonyl (C=O) groups is 3. The number of hydrogen-bond donors (Lipinski definition) is 1. The molecule has 0 bridgehead atoms. The molecule has 0 aromatic heterocycles. The van der Waals surface area contributed by atoms with E-state index in [0.29, 0.717) is 52.8 Å². The number of rotatable bonds is 9. The van der Waals surface area contributed by atoms with Crippen LogP contribution >= 0.6 is 15.9 Å². The number of ether oxygens (including phenoxy) is 3. The van der Waals surface area contributed by atoms with Crippen molar-refractivity contribution in [3.05, 3.63) is 52.0 Å². The number of barbiturate groups is 1. The first-order chi connectivity index (χ1) is 15.9. The Morgan fingerprint density at radius 1 is 0.939 bits per heavy atom. The molecule has 3 rings (SSSR count). The van der Waals surface area contributed by atoms with Gasteiger partial charge in [-0.3, -0.25) is 14.9 Å². The zero-order valence-corrected chi connectivity index (χ0v) is 20.2. The second-order valence-corrected chi connectivity index (χ2v) is 7.84. The Labute approximate surface area is 200 Å². The summed E-state index contributed by atoms with van der Waals surface area (Å²) in [7, 11) is 0. The van der Waals surface area contributed by atoms with Gasteiger partial charge < -0.3 is 14.2 Å². The van der Waals surface area contributed by atoms with Crippen molar-refractivity contribution in [2.75, 3.05) is 24.7 Å². The van der Waals surface area contributed by atoms with Gasteiger partial charge in [-0.25, -0.2) is 9.69 Å². The average molecular weight is 517 g/mol. The lowest BCUT2D eigenvalue weighted by atomic mass is 10.1. The van der Waals surface area contributed by atoms with Gasteiger partial charge in [0.1, 0.15) is 11.3 Å². The molecule has 33 heavy (non-hydrogen) atoms. The molecule has 0 atom stereocenters. The third-order valence-corrected chi connectivity index (χ3v) is 5.32. The Morgan fingerprint density at radius 2 is 1.61 bits per heavy atom. The summed E-state index contributed by atoms with van der Waals surface area (Å²) in [5, 5.41) is 2.22. The predicted octanol–water partition coefficient (Wildman–Crippen LogP) is 4.70. The first-order valence-electron chi connectivity index (χ1n) is 10.6. The maximum absolute atomic E-state index is 13.2. The Hall–Kier alpha value is -3.33. The second kappa shape index (κ2) is 11.0. The first kappa shape index (κ1) is 24.3. The summed E-state index contributed by atoms with van der Waals surface area (Å²) >= 11 is 3.47. The summed E-state index contributed by atoms with van der Waals surface area (Å²) in [6.07, 6.45) is 2.25. The Balaban J connectivity index is 1.98. The molecule has 1 aliphatic rings. The maximum Gasteiger partial charge on any atom is 0.335 e. The lowest BCUT2D eigenvalue weighted by molar-refractivity contribution is -0.122. The standard InChI is InChI=1S/C24H25BrN2O6/c1-4-11-33-21-14-19(25)15(13-20(21)32-6-3)12-18-22(28)26-24(30)27(23(18)29)16-7-9-17(10-8-16)31-5-2/h7-10,12-14H,4-6,11H2,1-3H3,(H,26,28,30)/b18-12+. The third kappa shape index (κ3) is 5.54. The van der Waals surface area contributed by atoms with E-state index in [0.717, 1.165) is 11.3 Å². The lowest BCUT2D eigenvalue weighted by Gasteiger charge is -2.26. The van der Waals surface area contributed by atoms with E-state index in [1.54, 1.807) is 36.4 Å². The molecule has 1 aliphatic heterocycles. The van der Waals surface area contributed by atoms with Crippen molar-refractivity contribution in [2.24, 2.45) is 0 Å². The summed E-state index contributed by atoms with van der Waals surface area (Å²) in [6.45, 7) is 7.13. The largest absolute Gasteiger partial charge is 0.494 e. The van der Waals surface area contributed by atoms with Gasteiger partial charge in [-0.05, 0) is 68.3 Å². The fraction of sp³-hybridized carbons (Fsp3) is 0.292. The second-order valence-electron chi connectivity index (χ2n) is 6.99. The number of benzene rings is 2. The van der Waals surface area contributed by atoms with Gasteiger partial charge in [-0.15, -0.1) is 0 Å². The highest BCUT2D eigenvalue weighted by Crippen LogP contribution is 2.35. The molecule has 4 amide bonds. The minimum Gasteiger partial charge on any atom is -0.494 e. The number of nitrogens with one attached hydrogen (secondary N) is 1. The van der Waals surface area contributed by atoms with Gasteiger partial charge in [0.2, 0.25) is 0 Å². The predicted molar refractivity (Wildman–Crippen MR) is 128 cm³/mol. The number of nitrogens with zero attached hydrogens (tertiary/aromatic N) is 1. The van der Waals surface area contributed by atoms with Gasteiger partial charge in [-0.1, -0.05) is 22.9 Å². The van der Waals surface area contributed by atoms with Crippen LogP contribution in [0.4, 0.5) is 10.5 Å². The van der Waals surface area contributed by atoms with Crippen LogP contribution in [0.5, 0.6) is 17.2 Å². The van der Waals surface area contributed by atoms with Crippen molar-refractivity contribution in [2.45, 2.75) is 27.2 Å². The van der Waals surface area contributed by atoms with E-state index < -0.39 is 17.8 Å². The van der Waals surface area contributed by atoms with E-state index in [4.69, 9.17) is 14.2 Å². The van der Waals surface area contributed by atoms with E-state index in [1.165, 1.54) is 6.08 Å². The van der Waals surface area contributed by atoms with Crippen LogP contribution < -0.4 is 24.4 Å². The molecule has 1 N–H and O–H groups in total. The van der Waals surface area contributed by atoms with Crippen LogP contribution in [0.2, 0.25) is 0 Å². The van der Waals surface area contributed by atoms with Crippen molar-refractivity contribution in [1.82, 2.24) is 5.32 Å². The number of imide groups is 2. The third-order valence-electron chi connectivity index (χ3n) is 4.63. The molecule has 1 fully saturated rings. The summed E-state index contributed by atoms with van der Waals surface area (Å²) in [6, 6.07) is 9.07. The smallest absolute Gasteiger partial charge is 0.335 e. The van der Waals surface area contributed by atoms with Gasteiger partial charge >= 0.3 is 6.03 Å². The van der Waals surface area contributed by atoms with Crippen LogP contribution in [0, 0.1) is 0 Å². The number of anilines is 1. The highest BCUT2D eigenvalue weighted by molar-refractivity contribution is 9.10. The number of urea groups is 1. The number of amides is 4. The van der Waals surface area contributed by atoms with E-state index in [1.807, 2.05) is 20.8 Å². The van der Waals surface area contributed by atoms with Gasteiger partial charge in [0, 0.05) is 4.47 Å². The van der Waals surface area contributed by atoms with E-state index >= 15 is 0 Å². The van der Waals surface area contributed by atoms with Crippen LogP contribution in [-0.4, -0.2) is 37.7 Å². The van der Waals surface area contributed by atoms with Crippen molar-refractivity contribution in [3.8, 4) is 17.2 Å². The molecule has 8 nitrogen and oxygen atoms in total. The van der Waals surface area contributed by atoms with Crippen molar-refractivity contribution in [3.63, 3.8) is 0 Å². The molecule has 9 heteroatoms. The molecule has 0 saturated carbocycles. The maximum atomic E-state index is 13.2. The molecule has 1 heterocycles. The molecular weight excluding hydrogens is 492 g/mol. The summed E-state index contributed by atoms with van der Waals surface area (Å²) in [4.78, 5) is 39.1. The van der Waals surface area contributed by atoms with Crippen molar-refractivity contribution < 1.29 is 28.6 Å². The molecule has 2 aromatic rings. The highest BCUT2D eigenvalue weighted by atomic mass is 79.9. The van der Waals surface area contributed by atoms with Crippen molar-refractivity contribution >= 4 is 45.5 Å². The van der Waals surface area contributed by atoms with Crippen LogP contribution in [0.15, 0.2) is 46.4 Å². The fourth-order valence-corrected chi connectivity index (χ4v) is 3.60. The number of carbonyl (C=O) groups excluding carboxylic acids is 3. The summed E-state index contributed by atoms with van der Waals surface area (Å²) in [5.41, 5.74) is 0.660. The number of hydrogen-bond acceptors (Lipinski definition) is 6. The van der Waals surface area contributed by atoms with Crippen molar-refractivity contribution in [1.29, 1.82) is 0 Å². The molecule has 1 saturated heterocycles. The minimum absolute atomic E-state index is 0.186. The topological polar surface area (TPSA) is 94.2 Å². The van der Waals surface area contributed by atoms with Gasteiger partial charge in [-0.2, -0.15) is 0 Å². The normalized spacial score (nSPS) is 15.0. The van der Waals surface area contributed by atoms with Gasteiger partial charge in [0.25, 0.3) is 11.8 Å². The Morgan fingerprint density at radius 3 is 2.24 bits per heavy atom. The molecule has 0 unspecified atom stereocenters. The monoisotopic (exact) mass is 516 g/mol. The highest BCUT2D eigenvalue weighted by Gasteiger charge is 2.37. The summed E-state index contributed by atoms with van der Waals surface area (Å²) < 4.78 is 17.4. The zero-order valence-electron chi connectivity index (χ0n) is 18.6. The fourth-order valence-electron chi connectivity index (χ4n) is 3.16. The molecule has 0 aliphatic carbocycles. The number of halogens is 1. The quantitative estimate of drug-likeness (QED) is 0.383. The first-order valence-corrected chi connectivity index (χ1v) is 11.4. The molecule has 0 spiro atoms. The Kier molecular flexibility index (Phi) is 8.11. The zero-order chi connectivity index (χ0) is 24.0. The van der Waals surface area contributed by atoms with Crippen LogP contribution in [0.1, 0.15) is 32.8 Å². The van der Waals surface area contributed by atoms with Gasteiger partial charge in [0.15, 0.2) is 11.5 Å². The van der Waals surface area contributed by atoms with E-state index in [2.05, 4.69) is 21.2 Å². The molecule has 174 valence electrons. The lowest BCUT2D eigenvalue weighted by Crippen LogP contribution is -2.54. The van der Waals surface area contributed by atoms with Gasteiger partial charge in [0.05, 0.1) is 25.5 Å². The van der Waals surface area contributed by atoms with Crippen LogP contribution in [0.25, 0.3) is 6.08 Å². The Bertz CT molecular complexity index is 1080.